The molecule has 3 rings (SSSR count). The highest BCUT2D eigenvalue weighted by atomic mass is 16.3. The minimum atomic E-state index is -0.177. The van der Waals surface area contributed by atoms with Gasteiger partial charge in [0.05, 0.1) is 11.3 Å². The number of H-pyrrole nitrogens is 1. The molecule has 0 aliphatic carbocycles. The maximum Gasteiger partial charge on any atom is 0.198 e. The number of aromatic nitrogens is 1. The molecule has 2 N–H and O–H groups in total. The molecule has 0 saturated carbocycles. The van der Waals surface area contributed by atoms with Crippen LogP contribution in [0.3, 0.4) is 0 Å². The van der Waals surface area contributed by atoms with Gasteiger partial charge in [-0.15, -0.1) is 0 Å². The van der Waals surface area contributed by atoms with E-state index in [1.54, 1.807) is 19.1 Å². The van der Waals surface area contributed by atoms with Crippen molar-refractivity contribution in [2.24, 2.45) is 0 Å². The molecular formula is C18H15NO2. The lowest BCUT2D eigenvalue weighted by Gasteiger charge is -2.02. The molecule has 0 amide bonds. The van der Waals surface area contributed by atoms with Crippen LogP contribution < -0.4 is 0 Å². The third-order valence-corrected chi connectivity index (χ3v) is 3.49. The molecule has 1 aromatic heterocycles. The van der Waals surface area contributed by atoms with E-state index in [2.05, 4.69) is 4.98 Å². The fourth-order valence-corrected chi connectivity index (χ4v) is 2.44. The molecule has 21 heavy (non-hydrogen) atoms. The van der Waals surface area contributed by atoms with Gasteiger partial charge in [-0.25, -0.2) is 0 Å². The molecule has 0 radical (unpaired) electrons. The molecular weight excluding hydrogens is 262 g/mol. The highest BCUT2D eigenvalue weighted by molar-refractivity contribution is 6.12. The zero-order valence-corrected chi connectivity index (χ0v) is 11.6. The third kappa shape index (κ3) is 2.34. The zero-order chi connectivity index (χ0) is 14.8. The average Bonchev–Trinajstić information content (AvgIpc) is 2.83. The van der Waals surface area contributed by atoms with E-state index >= 15 is 0 Å². The number of hydrogen-bond acceptors (Lipinski definition) is 2. The summed E-state index contributed by atoms with van der Waals surface area (Å²) < 4.78 is 0. The quantitative estimate of drug-likeness (QED) is 0.713. The first kappa shape index (κ1) is 13.2. The third-order valence-electron chi connectivity index (χ3n) is 3.49. The highest BCUT2D eigenvalue weighted by Gasteiger charge is 2.22. The van der Waals surface area contributed by atoms with E-state index < -0.39 is 0 Å². The smallest absolute Gasteiger partial charge is 0.198 e. The molecule has 0 saturated heterocycles. The number of nitrogens with one attached hydrogen (secondary N) is 1. The predicted octanol–water partition coefficient (Wildman–Crippen LogP) is 3.93. The van der Waals surface area contributed by atoms with Gasteiger partial charge in [0.2, 0.25) is 0 Å². The number of benzene rings is 2. The zero-order valence-electron chi connectivity index (χ0n) is 11.6. The molecule has 0 bridgehead atoms. The highest BCUT2D eigenvalue weighted by Crippen LogP contribution is 2.35. The Kier molecular flexibility index (Phi) is 3.32. The second kappa shape index (κ2) is 5.29. The minimum Gasteiger partial charge on any atom is -0.505 e. The molecule has 2 aromatic carbocycles. The summed E-state index contributed by atoms with van der Waals surface area (Å²) in [4.78, 5) is 15.7. The molecule has 0 aliphatic rings. The Bertz CT molecular complexity index is 774. The van der Waals surface area contributed by atoms with Gasteiger partial charge in [0.25, 0.3) is 0 Å². The lowest BCUT2D eigenvalue weighted by Crippen LogP contribution is -2.01. The van der Waals surface area contributed by atoms with Gasteiger partial charge in [0.1, 0.15) is 0 Å². The van der Waals surface area contributed by atoms with Crippen LogP contribution >= 0.6 is 0 Å². The van der Waals surface area contributed by atoms with Crippen molar-refractivity contribution in [3.8, 4) is 17.0 Å². The number of ketones is 1. The molecule has 3 heteroatoms. The first-order valence-corrected chi connectivity index (χ1v) is 6.75. The van der Waals surface area contributed by atoms with E-state index in [0.29, 0.717) is 22.5 Å². The van der Waals surface area contributed by atoms with Crippen molar-refractivity contribution >= 4 is 5.78 Å². The summed E-state index contributed by atoms with van der Waals surface area (Å²) in [7, 11) is 0. The molecule has 0 unspecified atom stereocenters. The normalized spacial score (nSPS) is 10.5. The fourth-order valence-electron chi connectivity index (χ4n) is 2.44. The van der Waals surface area contributed by atoms with Gasteiger partial charge in [-0.05, 0) is 6.92 Å². The number of aromatic hydroxyl groups is 1. The van der Waals surface area contributed by atoms with E-state index in [1.807, 2.05) is 48.5 Å². The maximum atomic E-state index is 12.6. The number of carbonyl (C=O) groups is 1. The van der Waals surface area contributed by atoms with Crippen molar-refractivity contribution in [2.75, 3.05) is 0 Å². The fraction of sp³-hybridized carbons (Fsp3) is 0.0556. The van der Waals surface area contributed by atoms with Crippen molar-refractivity contribution in [1.29, 1.82) is 0 Å². The van der Waals surface area contributed by atoms with E-state index in [9.17, 15) is 9.90 Å². The SMILES string of the molecule is Cc1[nH]c(-c2ccccc2)c(O)c1C(=O)c1ccccc1. The second-order valence-corrected chi connectivity index (χ2v) is 4.91. The van der Waals surface area contributed by atoms with Crippen molar-refractivity contribution in [3.63, 3.8) is 0 Å². The van der Waals surface area contributed by atoms with E-state index in [-0.39, 0.29) is 11.5 Å². The molecule has 1 heterocycles. The monoisotopic (exact) mass is 277 g/mol. The Morgan fingerprint density at radius 1 is 0.952 bits per heavy atom. The molecule has 3 aromatic rings. The van der Waals surface area contributed by atoms with Gasteiger partial charge >= 0.3 is 0 Å². The topological polar surface area (TPSA) is 53.1 Å². The number of rotatable bonds is 3. The Morgan fingerprint density at radius 2 is 1.52 bits per heavy atom. The van der Waals surface area contributed by atoms with E-state index in [4.69, 9.17) is 0 Å². The average molecular weight is 277 g/mol. The molecule has 0 spiro atoms. The Hall–Kier alpha value is -2.81. The van der Waals surface area contributed by atoms with Crippen LogP contribution in [0, 0.1) is 6.92 Å². The molecule has 3 nitrogen and oxygen atoms in total. The van der Waals surface area contributed by atoms with Gasteiger partial charge in [0, 0.05) is 16.8 Å². The van der Waals surface area contributed by atoms with Crippen LogP contribution in [-0.2, 0) is 0 Å². The van der Waals surface area contributed by atoms with Gasteiger partial charge in [-0.3, -0.25) is 4.79 Å². The second-order valence-electron chi connectivity index (χ2n) is 4.91. The molecule has 0 aliphatic heterocycles. The van der Waals surface area contributed by atoms with E-state index in [0.717, 1.165) is 5.56 Å². The largest absolute Gasteiger partial charge is 0.505 e. The van der Waals surface area contributed by atoms with Crippen LogP contribution in [0.4, 0.5) is 0 Å². The Morgan fingerprint density at radius 3 is 2.14 bits per heavy atom. The first-order chi connectivity index (χ1) is 10.2. The maximum absolute atomic E-state index is 12.6. The standard InChI is InChI=1S/C18H15NO2/c1-12-15(17(20)14-10-6-3-7-11-14)18(21)16(19-12)13-8-4-2-5-9-13/h2-11,19,21H,1H3. The van der Waals surface area contributed by atoms with Gasteiger partial charge in [0.15, 0.2) is 11.5 Å². The summed E-state index contributed by atoms with van der Waals surface area (Å²) in [6, 6.07) is 18.4. The summed E-state index contributed by atoms with van der Waals surface area (Å²) in [5.74, 6) is -0.170. The number of aromatic amines is 1. The van der Waals surface area contributed by atoms with Crippen molar-refractivity contribution in [1.82, 2.24) is 4.98 Å². The van der Waals surface area contributed by atoms with Crippen LogP contribution in [0.5, 0.6) is 5.75 Å². The molecule has 0 fully saturated rings. The van der Waals surface area contributed by atoms with E-state index in [1.165, 1.54) is 0 Å². The van der Waals surface area contributed by atoms with Crippen LogP contribution in [0.25, 0.3) is 11.3 Å². The summed E-state index contributed by atoms with van der Waals surface area (Å²) in [5, 5.41) is 10.4. The van der Waals surface area contributed by atoms with Gasteiger partial charge in [-0.1, -0.05) is 60.7 Å². The van der Waals surface area contributed by atoms with Crippen LogP contribution in [0.1, 0.15) is 21.6 Å². The molecule has 0 atom stereocenters. The van der Waals surface area contributed by atoms with Crippen LogP contribution in [0.15, 0.2) is 60.7 Å². The van der Waals surface area contributed by atoms with Crippen LogP contribution in [0.2, 0.25) is 0 Å². The Balaban J connectivity index is 2.09. The lowest BCUT2D eigenvalue weighted by molar-refractivity contribution is 0.103. The summed E-state index contributed by atoms with van der Waals surface area (Å²) in [5.41, 5.74) is 2.99. The number of aryl methyl sites for hydroxylation is 1. The van der Waals surface area contributed by atoms with Gasteiger partial charge in [-0.2, -0.15) is 0 Å². The Labute approximate surface area is 122 Å². The summed E-state index contributed by atoms with van der Waals surface area (Å²) in [6.45, 7) is 1.79. The number of carbonyl (C=O) groups excluding carboxylic acids is 1. The van der Waals surface area contributed by atoms with Crippen molar-refractivity contribution in [2.45, 2.75) is 6.92 Å². The number of hydrogen-bond donors (Lipinski definition) is 2. The summed E-state index contributed by atoms with van der Waals surface area (Å²) >= 11 is 0. The summed E-state index contributed by atoms with van der Waals surface area (Å²) in [6.07, 6.45) is 0. The first-order valence-electron chi connectivity index (χ1n) is 6.75. The van der Waals surface area contributed by atoms with Crippen LogP contribution in [-0.4, -0.2) is 15.9 Å². The minimum absolute atomic E-state index is 0.00699. The van der Waals surface area contributed by atoms with Crippen molar-refractivity contribution in [3.05, 3.63) is 77.5 Å². The lowest BCUT2D eigenvalue weighted by atomic mass is 10.0. The van der Waals surface area contributed by atoms with Gasteiger partial charge < -0.3 is 10.1 Å². The molecule has 104 valence electrons. The predicted molar refractivity (Wildman–Crippen MR) is 82.5 cm³/mol. The van der Waals surface area contributed by atoms with Crippen molar-refractivity contribution < 1.29 is 9.90 Å².